The van der Waals surface area contributed by atoms with Gasteiger partial charge < -0.3 is 9.05 Å². The van der Waals surface area contributed by atoms with Crippen LogP contribution in [0.25, 0.3) is 0 Å². The van der Waals surface area contributed by atoms with Crippen molar-refractivity contribution >= 4 is 23.5 Å². The third-order valence-corrected chi connectivity index (χ3v) is 7.67. The summed E-state index contributed by atoms with van der Waals surface area (Å²) in [5, 5.41) is -0.599. The summed E-state index contributed by atoms with van der Waals surface area (Å²) in [5.74, 6) is 0.139. The second kappa shape index (κ2) is 5.93. The monoisotopic (exact) mass is 380 g/mol. The first-order chi connectivity index (χ1) is 10.6. The Morgan fingerprint density at radius 1 is 1.05 bits per heavy atom. The van der Waals surface area contributed by atoms with Crippen LogP contribution in [0.2, 0.25) is 0 Å². The summed E-state index contributed by atoms with van der Waals surface area (Å²) in [6.45, 7) is 0. The van der Waals surface area contributed by atoms with Crippen LogP contribution < -0.4 is 0 Å². The molecule has 0 amide bonds. The normalized spacial score (nSPS) is 24.2. The summed E-state index contributed by atoms with van der Waals surface area (Å²) in [6.07, 6.45) is 0.762. The van der Waals surface area contributed by atoms with Crippen LogP contribution in [0.4, 0.5) is 0 Å². The predicted molar refractivity (Wildman–Crippen MR) is 91.2 cm³/mol. The van der Waals surface area contributed by atoms with Gasteiger partial charge in [0.2, 0.25) is 0 Å². The van der Waals surface area contributed by atoms with Crippen molar-refractivity contribution in [1.82, 2.24) is 0 Å². The van der Waals surface area contributed by atoms with Crippen LogP contribution in [-0.2, 0) is 18.8 Å². The van der Waals surface area contributed by atoms with E-state index in [1.165, 1.54) is 19.8 Å². The Kier molecular flexibility index (Phi) is 4.30. The molecule has 0 N–H and O–H groups in total. The quantitative estimate of drug-likeness (QED) is 0.658. The lowest BCUT2D eigenvalue weighted by Crippen LogP contribution is -2.13. The topological polar surface area (TPSA) is 35.5 Å². The number of hydrogen-bond acceptors (Lipinski definition) is 3. The maximum absolute atomic E-state index is 13.2. The van der Waals surface area contributed by atoms with Crippen LogP contribution in [0.5, 0.6) is 0 Å². The molecule has 22 heavy (non-hydrogen) atoms. The molecule has 116 valence electrons. The minimum atomic E-state index is -3.25. The van der Waals surface area contributed by atoms with Gasteiger partial charge in [-0.15, -0.1) is 0 Å². The molecular formula is C17H18BrO3P. The zero-order valence-electron chi connectivity index (χ0n) is 12.5. The highest BCUT2D eigenvalue weighted by molar-refractivity contribution is 9.10. The van der Waals surface area contributed by atoms with Gasteiger partial charge in [-0.3, -0.25) is 4.57 Å². The Labute approximate surface area is 139 Å². The van der Waals surface area contributed by atoms with Crippen molar-refractivity contribution in [2.45, 2.75) is 17.5 Å². The number of benzene rings is 2. The third-order valence-electron chi connectivity index (χ3n) is 4.45. The summed E-state index contributed by atoms with van der Waals surface area (Å²) in [4.78, 5) is 0. The van der Waals surface area contributed by atoms with Gasteiger partial charge in [0, 0.05) is 24.6 Å². The zero-order valence-corrected chi connectivity index (χ0v) is 15.0. The molecule has 2 aromatic carbocycles. The van der Waals surface area contributed by atoms with Gasteiger partial charge >= 0.3 is 7.60 Å². The molecule has 1 saturated carbocycles. The highest BCUT2D eigenvalue weighted by atomic mass is 79.9. The van der Waals surface area contributed by atoms with Gasteiger partial charge in [0.05, 0.1) is 0 Å². The van der Waals surface area contributed by atoms with Crippen molar-refractivity contribution in [2.24, 2.45) is 0 Å². The number of halogens is 1. The minimum absolute atomic E-state index is 0.139. The Hall–Kier alpha value is -0.930. The van der Waals surface area contributed by atoms with Crippen LogP contribution in [-0.4, -0.2) is 14.2 Å². The molecule has 2 atom stereocenters. The summed E-state index contributed by atoms with van der Waals surface area (Å²) < 4.78 is 25.0. The van der Waals surface area contributed by atoms with Gasteiger partial charge in [0.25, 0.3) is 0 Å². The third kappa shape index (κ3) is 2.39. The molecular weight excluding hydrogens is 363 g/mol. The fourth-order valence-electron chi connectivity index (χ4n) is 3.25. The van der Waals surface area contributed by atoms with Crippen molar-refractivity contribution in [2.75, 3.05) is 14.2 Å². The molecule has 1 aliphatic rings. The first-order valence-electron chi connectivity index (χ1n) is 7.10. The van der Waals surface area contributed by atoms with Gasteiger partial charge in [0.1, 0.15) is 5.16 Å². The summed E-state index contributed by atoms with van der Waals surface area (Å²) in [5.41, 5.74) is 2.16. The van der Waals surface area contributed by atoms with E-state index in [4.69, 9.17) is 9.05 Å². The summed E-state index contributed by atoms with van der Waals surface area (Å²) >= 11 is 3.45. The smallest absolute Gasteiger partial charge is 0.311 e. The standard InChI is InChI=1S/C17H18BrO3P/c1-20-22(19,21-2)17(14-8-10-15(18)11-9-14)12-16(17)13-6-4-3-5-7-13/h3-11,16H,12H2,1-2H3/t16-,17-/m1/s1. The van der Waals surface area contributed by atoms with E-state index in [1.54, 1.807) is 0 Å². The second-order valence-electron chi connectivity index (χ2n) is 5.46. The van der Waals surface area contributed by atoms with E-state index in [2.05, 4.69) is 28.1 Å². The van der Waals surface area contributed by atoms with E-state index in [0.29, 0.717) is 0 Å². The lowest BCUT2D eigenvalue weighted by molar-refractivity contribution is 0.261. The Morgan fingerprint density at radius 2 is 1.64 bits per heavy atom. The highest BCUT2D eigenvalue weighted by Crippen LogP contribution is 2.81. The van der Waals surface area contributed by atoms with E-state index in [9.17, 15) is 4.57 Å². The van der Waals surface area contributed by atoms with E-state index < -0.39 is 12.8 Å². The van der Waals surface area contributed by atoms with Crippen LogP contribution in [0.3, 0.4) is 0 Å². The average Bonchev–Trinajstić information content (AvgIpc) is 3.33. The van der Waals surface area contributed by atoms with Crippen LogP contribution in [0, 0.1) is 0 Å². The highest BCUT2D eigenvalue weighted by Gasteiger charge is 2.68. The van der Waals surface area contributed by atoms with Gasteiger partial charge in [-0.2, -0.15) is 0 Å². The van der Waals surface area contributed by atoms with Gasteiger partial charge in [0.15, 0.2) is 0 Å². The van der Waals surface area contributed by atoms with Crippen molar-refractivity contribution in [1.29, 1.82) is 0 Å². The molecule has 0 radical (unpaired) electrons. The maximum Gasteiger partial charge on any atom is 0.341 e. The number of hydrogen-bond donors (Lipinski definition) is 0. The molecule has 1 aliphatic carbocycles. The first kappa shape index (κ1) is 15.9. The van der Waals surface area contributed by atoms with Crippen LogP contribution in [0.1, 0.15) is 23.5 Å². The molecule has 0 aromatic heterocycles. The van der Waals surface area contributed by atoms with Crippen LogP contribution in [0.15, 0.2) is 59.1 Å². The molecule has 3 nitrogen and oxygen atoms in total. The minimum Gasteiger partial charge on any atom is -0.311 e. The molecule has 0 heterocycles. The molecule has 1 fully saturated rings. The van der Waals surface area contributed by atoms with Crippen LogP contribution >= 0.6 is 23.5 Å². The molecule has 0 bridgehead atoms. The lowest BCUT2D eigenvalue weighted by atomic mass is 10.0. The Bertz CT molecular complexity index is 694. The predicted octanol–water partition coefficient (Wildman–Crippen LogP) is 5.32. The molecule has 0 unspecified atom stereocenters. The van der Waals surface area contributed by atoms with E-state index >= 15 is 0 Å². The van der Waals surface area contributed by atoms with E-state index in [1.807, 2.05) is 42.5 Å². The SMILES string of the molecule is COP(=O)(OC)[C@@]1(c2ccc(Br)cc2)C[C@@H]1c1ccccc1. The van der Waals surface area contributed by atoms with Crippen molar-refractivity contribution in [3.8, 4) is 0 Å². The van der Waals surface area contributed by atoms with E-state index in [-0.39, 0.29) is 5.92 Å². The van der Waals surface area contributed by atoms with Gasteiger partial charge in [-0.25, -0.2) is 0 Å². The zero-order chi connectivity index (χ0) is 15.8. The molecule has 0 spiro atoms. The average molecular weight is 381 g/mol. The Balaban J connectivity index is 2.10. The van der Waals surface area contributed by atoms with E-state index in [0.717, 1.165) is 16.5 Å². The van der Waals surface area contributed by atoms with Crippen molar-refractivity contribution in [3.05, 3.63) is 70.2 Å². The molecule has 2 aromatic rings. The molecule has 5 heteroatoms. The second-order valence-corrected chi connectivity index (χ2v) is 8.90. The number of rotatable bonds is 5. The summed E-state index contributed by atoms with van der Waals surface area (Å²) in [6, 6.07) is 18.1. The fourth-order valence-corrected chi connectivity index (χ4v) is 5.72. The van der Waals surface area contributed by atoms with Crippen molar-refractivity contribution < 1.29 is 13.6 Å². The molecule has 0 aliphatic heterocycles. The first-order valence-corrected chi connectivity index (χ1v) is 9.43. The Morgan fingerprint density at radius 3 is 2.18 bits per heavy atom. The molecule has 0 saturated heterocycles. The maximum atomic E-state index is 13.2. The van der Waals surface area contributed by atoms with Gasteiger partial charge in [-0.1, -0.05) is 58.4 Å². The molecule has 3 rings (SSSR count). The largest absolute Gasteiger partial charge is 0.341 e. The summed E-state index contributed by atoms with van der Waals surface area (Å²) in [7, 11) is -0.320. The van der Waals surface area contributed by atoms with Gasteiger partial charge in [-0.05, 0) is 29.7 Å². The fraction of sp³-hybridized carbons (Fsp3) is 0.294. The lowest BCUT2D eigenvalue weighted by Gasteiger charge is -2.26. The van der Waals surface area contributed by atoms with Crippen molar-refractivity contribution in [3.63, 3.8) is 0 Å².